The summed E-state index contributed by atoms with van der Waals surface area (Å²) < 4.78 is 29.5. The first-order valence-electron chi connectivity index (χ1n) is 4.21. The number of rotatable bonds is 3. The highest BCUT2D eigenvalue weighted by molar-refractivity contribution is 5.85. The maximum atomic E-state index is 12.4. The quantitative estimate of drug-likeness (QED) is 0.810. The first-order valence-corrected chi connectivity index (χ1v) is 4.21. The molecule has 0 saturated carbocycles. The summed E-state index contributed by atoms with van der Waals surface area (Å²) in [4.78, 5) is 17.1. The van der Waals surface area contributed by atoms with Crippen molar-refractivity contribution in [3.8, 4) is 0 Å². The summed E-state index contributed by atoms with van der Waals surface area (Å²) in [6.45, 7) is 9.62. The predicted octanol–water partition coefficient (Wildman–Crippen LogP) is 2.46. The van der Waals surface area contributed by atoms with Gasteiger partial charge in [-0.1, -0.05) is 0 Å². The molecule has 1 N–H and O–H groups in total. The average molecular weight is 230 g/mol. The van der Waals surface area contributed by atoms with Crippen LogP contribution in [0.2, 0.25) is 0 Å². The topological polar surface area (TPSA) is 67.7 Å². The molecule has 0 spiro atoms. The molecule has 0 aliphatic heterocycles. The Balaban J connectivity index is 3.34. The van der Waals surface area contributed by atoms with E-state index in [2.05, 4.69) is 14.2 Å². The zero-order chi connectivity index (χ0) is 12.5. The number of oxazole rings is 1. The molecule has 86 valence electrons. The van der Waals surface area contributed by atoms with Crippen molar-refractivity contribution in [1.82, 2.24) is 4.98 Å². The van der Waals surface area contributed by atoms with Gasteiger partial charge in [0, 0.05) is 13.8 Å². The van der Waals surface area contributed by atoms with Gasteiger partial charge in [0.25, 0.3) is 12.3 Å². The van der Waals surface area contributed by atoms with Crippen molar-refractivity contribution >= 4 is 5.97 Å². The Bertz CT molecular complexity index is 460. The fourth-order valence-electron chi connectivity index (χ4n) is 0.943. The van der Waals surface area contributed by atoms with Crippen LogP contribution in [0, 0.1) is 6.57 Å². The van der Waals surface area contributed by atoms with Gasteiger partial charge in [0.15, 0.2) is 5.69 Å². The van der Waals surface area contributed by atoms with Crippen LogP contribution < -0.4 is 0 Å². The van der Waals surface area contributed by atoms with Gasteiger partial charge in [-0.2, -0.15) is 0 Å². The van der Waals surface area contributed by atoms with Crippen molar-refractivity contribution < 1.29 is 23.1 Å². The molecule has 0 aromatic carbocycles. The van der Waals surface area contributed by atoms with E-state index in [0.717, 1.165) is 0 Å². The molecular weight excluding hydrogens is 222 g/mol. The minimum absolute atomic E-state index is 0.324. The maximum absolute atomic E-state index is 12.4. The van der Waals surface area contributed by atoms with E-state index in [9.17, 15) is 13.6 Å². The van der Waals surface area contributed by atoms with Crippen molar-refractivity contribution in [2.75, 3.05) is 0 Å². The van der Waals surface area contributed by atoms with Gasteiger partial charge in [-0.25, -0.2) is 25.1 Å². The van der Waals surface area contributed by atoms with Crippen LogP contribution in [0.15, 0.2) is 4.42 Å². The van der Waals surface area contributed by atoms with Crippen molar-refractivity contribution in [3.05, 3.63) is 28.8 Å². The molecule has 0 amide bonds. The molecule has 1 aromatic rings. The molecule has 1 rings (SSSR count). The summed E-state index contributed by atoms with van der Waals surface area (Å²) >= 11 is 0. The van der Waals surface area contributed by atoms with Crippen LogP contribution in [0.25, 0.3) is 4.85 Å². The van der Waals surface area contributed by atoms with E-state index in [1.807, 2.05) is 0 Å². The summed E-state index contributed by atoms with van der Waals surface area (Å²) in [7, 11) is 0. The van der Waals surface area contributed by atoms with E-state index in [1.54, 1.807) is 0 Å². The van der Waals surface area contributed by atoms with Gasteiger partial charge in [0.05, 0.1) is 0 Å². The van der Waals surface area contributed by atoms with Gasteiger partial charge in [-0.3, -0.25) is 0 Å². The summed E-state index contributed by atoms with van der Waals surface area (Å²) in [5.74, 6) is -2.87. The summed E-state index contributed by atoms with van der Waals surface area (Å²) in [6, 6.07) is 0. The van der Waals surface area contributed by atoms with Crippen LogP contribution in [-0.2, 0) is 5.54 Å². The molecule has 1 aromatic heterocycles. The molecule has 0 aliphatic rings. The van der Waals surface area contributed by atoms with E-state index in [0.29, 0.717) is 0 Å². The average Bonchev–Trinajstić information content (AvgIpc) is 2.62. The molecule has 16 heavy (non-hydrogen) atoms. The second-order valence-corrected chi connectivity index (χ2v) is 3.51. The molecular formula is C9H8F2N2O3. The fraction of sp³-hybridized carbons (Fsp3) is 0.444. The Labute approximate surface area is 89.5 Å². The highest BCUT2D eigenvalue weighted by Gasteiger charge is 2.37. The van der Waals surface area contributed by atoms with E-state index in [-0.39, 0.29) is 5.89 Å². The third kappa shape index (κ3) is 2.00. The van der Waals surface area contributed by atoms with Gasteiger partial charge < -0.3 is 14.4 Å². The van der Waals surface area contributed by atoms with Gasteiger partial charge in [-0.15, -0.1) is 0 Å². The molecule has 0 saturated heterocycles. The van der Waals surface area contributed by atoms with E-state index < -0.39 is 29.4 Å². The highest BCUT2D eigenvalue weighted by Crippen LogP contribution is 2.30. The molecule has 7 heteroatoms. The molecule has 0 bridgehead atoms. The summed E-state index contributed by atoms with van der Waals surface area (Å²) in [6.07, 6.45) is -3.05. The van der Waals surface area contributed by atoms with Crippen molar-refractivity contribution in [3.63, 3.8) is 0 Å². The normalized spacial score (nSPS) is 11.5. The largest absolute Gasteiger partial charge is 0.475 e. The minimum atomic E-state index is -3.05. The number of carbonyl (C=O) groups is 1. The predicted molar refractivity (Wildman–Crippen MR) is 48.0 cm³/mol. The minimum Gasteiger partial charge on any atom is -0.475 e. The third-order valence-corrected chi connectivity index (χ3v) is 1.86. The molecule has 0 fully saturated rings. The lowest BCUT2D eigenvalue weighted by Gasteiger charge is -2.04. The number of hydrogen-bond donors (Lipinski definition) is 1. The Morgan fingerprint density at radius 3 is 2.50 bits per heavy atom. The highest BCUT2D eigenvalue weighted by atomic mass is 19.3. The standard InChI is InChI=1S/C9H8F2N2O3/c1-9(2,12-3)8-13-4(6(10)11)5(16-8)7(14)15/h6H,1-2H3,(H,14,15). The van der Waals surface area contributed by atoms with E-state index >= 15 is 0 Å². The van der Waals surface area contributed by atoms with Crippen LogP contribution in [-0.4, -0.2) is 16.1 Å². The van der Waals surface area contributed by atoms with Crippen molar-refractivity contribution in [2.24, 2.45) is 0 Å². The number of nitrogens with zero attached hydrogens (tertiary/aromatic N) is 2. The number of alkyl halides is 2. The van der Waals surface area contributed by atoms with Crippen LogP contribution >= 0.6 is 0 Å². The Morgan fingerprint density at radius 1 is 1.62 bits per heavy atom. The van der Waals surface area contributed by atoms with Gasteiger partial charge >= 0.3 is 11.5 Å². The number of aromatic carboxylic acids is 1. The number of carboxylic acids is 1. The van der Waals surface area contributed by atoms with Crippen molar-refractivity contribution in [1.29, 1.82) is 0 Å². The number of halogens is 2. The lowest BCUT2D eigenvalue weighted by atomic mass is 10.1. The lowest BCUT2D eigenvalue weighted by molar-refractivity contribution is 0.0643. The molecule has 0 aliphatic carbocycles. The second-order valence-electron chi connectivity index (χ2n) is 3.51. The summed E-state index contributed by atoms with van der Waals surface area (Å²) in [5.41, 5.74) is -2.21. The molecule has 1 heterocycles. The number of aromatic nitrogens is 1. The Kier molecular flexibility index (Phi) is 2.94. The second kappa shape index (κ2) is 3.89. The van der Waals surface area contributed by atoms with Crippen LogP contribution in [0.5, 0.6) is 0 Å². The van der Waals surface area contributed by atoms with Gasteiger partial charge in [0.2, 0.25) is 5.76 Å². The molecule has 5 nitrogen and oxygen atoms in total. The van der Waals surface area contributed by atoms with E-state index in [1.165, 1.54) is 13.8 Å². The molecule has 0 radical (unpaired) electrons. The zero-order valence-electron chi connectivity index (χ0n) is 8.49. The smallest absolute Gasteiger partial charge is 0.374 e. The number of carboxylic acid groups (broad SMARTS) is 1. The number of hydrogen-bond acceptors (Lipinski definition) is 3. The fourth-order valence-corrected chi connectivity index (χ4v) is 0.943. The van der Waals surface area contributed by atoms with Crippen LogP contribution in [0.3, 0.4) is 0 Å². The Morgan fingerprint density at radius 2 is 2.19 bits per heavy atom. The maximum Gasteiger partial charge on any atom is 0.374 e. The molecule has 0 atom stereocenters. The van der Waals surface area contributed by atoms with Crippen LogP contribution in [0.1, 0.15) is 42.4 Å². The van der Waals surface area contributed by atoms with Gasteiger partial charge in [0.1, 0.15) is 0 Å². The monoisotopic (exact) mass is 230 g/mol. The lowest BCUT2D eigenvalue weighted by Crippen LogP contribution is -2.11. The van der Waals surface area contributed by atoms with E-state index in [4.69, 9.17) is 11.7 Å². The summed E-state index contributed by atoms with van der Waals surface area (Å²) in [5, 5.41) is 8.62. The SMILES string of the molecule is [C-]#[N+]C(C)(C)c1nc(C(F)F)c(C(=O)O)o1. The van der Waals surface area contributed by atoms with Crippen LogP contribution in [0.4, 0.5) is 8.78 Å². The third-order valence-electron chi connectivity index (χ3n) is 1.86. The first-order chi connectivity index (χ1) is 7.29. The zero-order valence-corrected chi connectivity index (χ0v) is 8.49. The van der Waals surface area contributed by atoms with Crippen molar-refractivity contribution in [2.45, 2.75) is 25.8 Å². The Hall–Kier alpha value is -1.97. The van der Waals surface area contributed by atoms with Gasteiger partial charge in [-0.05, 0) is 0 Å². The molecule has 0 unspecified atom stereocenters. The first kappa shape index (κ1) is 12.1.